The molecule has 0 bridgehead atoms. The van der Waals surface area contributed by atoms with Crippen LogP contribution in [0.25, 0.3) is 0 Å². The smallest absolute Gasteiger partial charge is 0.287 e. The number of rotatable bonds is 5. The molecule has 0 spiro atoms. The second-order valence-electron chi connectivity index (χ2n) is 5.35. The van der Waals surface area contributed by atoms with Crippen molar-refractivity contribution in [1.29, 1.82) is 0 Å². The summed E-state index contributed by atoms with van der Waals surface area (Å²) in [4.78, 5) is 12.0. The quantitative estimate of drug-likeness (QED) is 0.871. The lowest BCUT2D eigenvalue weighted by Crippen LogP contribution is -2.42. The highest BCUT2D eigenvalue weighted by molar-refractivity contribution is 9.10. The highest BCUT2D eigenvalue weighted by atomic mass is 79.9. The molecule has 0 radical (unpaired) electrons. The van der Waals surface area contributed by atoms with Crippen LogP contribution in [0, 0.1) is 5.92 Å². The molecule has 1 saturated carbocycles. The second kappa shape index (κ2) is 5.66. The lowest BCUT2D eigenvalue weighted by molar-refractivity contribution is 0.0132. The van der Waals surface area contributed by atoms with Gasteiger partial charge in [0.05, 0.1) is 6.54 Å². The fourth-order valence-electron chi connectivity index (χ4n) is 2.51. The summed E-state index contributed by atoms with van der Waals surface area (Å²) >= 11 is 3.16. The van der Waals surface area contributed by atoms with Gasteiger partial charge in [0, 0.05) is 0 Å². The van der Waals surface area contributed by atoms with E-state index in [1.807, 2.05) is 30.3 Å². The van der Waals surface area contributed by atoms with Crippen molar-refractivity contribution in [2.75, 3.05) is 6.54 Å². The maximum atomic E-state index is 12.0. The first-order valence-electron chi connectivity index (χ1n) is 6.91. The third-order valence-electron chi connectivity index (χ3n) is 3.84. The minimum Gasteiger partial charge on any atom is -0.444 e. The molecule has 3 rings (SSSR count). The number of aliphatic hydroxyl groups is 1. The number of amides is 1. The summed E-state index contributed by atoms with van der Waals surface area (Å²) in [7, 11) is 0. The highest BCUT2D eigenvalue weighted by Crippen LogP contribution is 2.45. The molecule has 1 aliphatic carbocycles. The number of nitrogens with one attached hydrogen (secondary N) is 1. The summed E-state index contributed by atoms with van der Waals surface area (Å²) in [6.07, 6.45) is 1.96. The molecule has 1 amide bonds. The Labute approximate surface area is 131 Å². The topological polar surface area (TPSA) is 62.5 Å². The van der Waals surface area contributed by atoms with E-state index >= 15 is 0 Å². The van der Waals surface area contributed by atoms with Gasteiger partial charge in [0.2, 0.25) is 0 Å². The average molecular weight is 350 g/mol. The fraction of sp³-hybridized carbons (Fsp3) is 0.312. The molecule has 1 aromatic heterocycles. The van der Waals surface area contributed by atoms with Gasteiger partial charge in [-0.25, -0.2) is 0 Å². The number of benzene rings is 1. The Kier molecular flexibility index (Phi) is 3.87. The summed E-state index contributed by atoms with van der Waals surface area (Å²) in [5.74, 6) is 0.104. The van der Waals surface area contributed by atoms with Crippen LogP contribution in [0.2, 0.25) is 0 Å². The Hall–Kier alpha value is -1.59. The average Bonchev–Trinajstić information content (AvgIpc) is 3.28. The van der Waals surface area contributed by atoms with Crippen molar-refractivity contribution in [3.63, 3.8) is 0 Å². The lowest BCUT2D eigenvalue weighted by atomic mass is 9.88. The molecule has 1 aromatic carbocycles. The van der Waals surface area contributed by atoms with Crippen molar-refractivity contribution in [1.82, 2.24) is 5.32 Å². The summed E-state index contributed by atoms with van der Waals surface area (Å²) in [6, 6.07) is 12.8. The molecule has 0 aliphatic heterocycles. The van der Waals surface area contributed by atoms with Gasteiger partial charge in [0.25, 0.3) is 5.91 Å². The monoisotopic (exact) mass is 349 g/mol. The summed E-state index contributed by atoms with van der Waals surface area (Å²) in [5.41, 5.74) is -0.172. The van der Waals surface area contributed by atoms with E-state index in [9.17, 15) is 9.90 Å². The summed E-state index contributed by atoms with van der Waals surface area (Å²) in [6.45, 7) is 0.179. The Morgan fingerprint density at radius 2 is 2.00 bits per heavy atom. The van der Waals surface area contributed by atoms with Crippen molar-refractivity contribution < 1.29 is 14.3 Å². The largest absolute Gasteiger partial charge is 0.444 e. The molecule has 1 atom stereocenters. The molecular formula is C16H16BrNO3. The van der Waals surface area contributed by atoms with E-state index < -0.39 is 5.60 Å². The molecule has 110 valence electrons. The van der Waals surface area contributed by atoms with Gasteiger partial charge in [0.1, 0.15) is 5.60 Å². The van der Waals surface area contributed by atoms with Gasteiger partial charge in [-0.2, -0.15) is 0 Å². The Morgan fingerprint density at radius 3 is 2.57 bits per heavy atom. The van der Waals surface area contributed by atoms with Crippen molar-refractivity contribution in [2.45, 2.75) is 18.4 Å². The molecule has 4 nitrogen and oxygen atoms in total. The van der Waals surface area contributed by atoms with E-state index in [1.54, 1.807) is 12.1 Å². The van der Waals surface area contributed by atoms with Crippen LogP contribution >= 0.6 is 15.9 Å². The number of carbonyl (C=O) groups excluding carboxylic acids is 1. The van der Waals surface area contributed by atoms with Crippen LogP contribution in [-0.4, -0.2) is 17.6 Å². The molecule has 1 fully saturated rings. The van der Waals surface area contributed by atoms with Crippen LogP contribution < -0.4 is 5.32 Å². The SMILES string of the molecule is O=C(NC[C@@](O)(c1ccccc1)C1CC1)c1ccc(Br)o1. The number of furan rings is 1. The first kappa shape index (κ1) is 14.4. The van der Waals surface area contributed by atoms with Crippen molar-refractivity contribution in [3.8, 4) is 0 Å². The first-order valence-corrected chi connectivity index (χ1v) is 7.70. The van der Waals surface area contributed by atoms with E-state index in [0.29, 0.717) is 4.67 Å². The van der Waals surface area contributed by atoms with Gasteiger partial charge in [-0.15, -0.1) is 0 Å². The van der Waals surface area contributed by atoms with Crippen molar-refractivity contribution in [2.24, 2.45) is 5.92 Å². The number of hydrogen-bond donors (Lipinski definition) is 2. The molecule has 0 unspecified atom stereocenters. The molecule has 5 heteroatoms. The number of carbonyl (C=O) groups is 1. The predicted molar refractivity (Wildman–Crippen MR) is 81.8 cm³/mol. The first-order chi connectivity index (χ1) is 10.1. The van der Waals surface area contributed by atoms with Gasteiger partial charge in [-0.1, -0.05) is 30.3 Å². The van der Waals surface area contributed by atoms with Gasteiger partial charge in [-0.05, 0) is 52.4 Å². The van der Waals surface area contributed by atoms with Crippen LogP contribution in [0.15, 0.2) is 51.6 Å². The minimum absolute atomic E-state index is 0.179. The van der Waals surface area contributed by atoms with E-state index in [4.69, 9.17) is 4.42 Å². The van der Waals surface area contributed by atoms with Crippen molar-refractivity contribution >= 4 is 21.8 Å². The van der Waals surface area contributed by atoms with Crippen LogP contribution in [-0.2, 0) is 5.60 Å². The maximum absolute atomic E-state index is 12.0. The van der Waals surface area contributed by atoms with Crippen LogP contribution in [0.3, 0.4) is 0 Å². The third-order valence-corrected chi connectivity index (χ3v) is 4.27. The standard InChI is InChI=1S/C16H16BrNO3/c17-14-9-8-13(21-14)15(19)18-10-16(20,12-6-7-12)11-4-2-1-3-5-11/h1-5,8-9,12,20H,6-7,10H2,(H,18,19)/t16-/m1/s1. The fourth-order valence-corrected chi connectivity index (χ4v) is 2.81. The Balaban J connectivity index is 1.73. The molecule has 0 saturated heterocycles. The van der Waals surface area contributed by atoms with Gasteiger partial charge in [0.15, 0.2) is 10.4 Å². The second-order valence-corrected chi connectivity index (χ2v) is 6.13. The molecule has 2 N–H and O–H groups in total. The maximum Gasteiger partial charge on any atom is 0.287 e. The van der Waals surface area contributed by atoms with Crippen LogP contribution in [0.5, 0.6) is 0 Å². The van der Waals surface area contributed by atoms with E-state index in [-0.39, 0.29) is 24.1 Å². The molecule has 1 heterocycles. The zero-order valence-corrected chi connectivity index (χ0v) is 13.0. The number of halogens is 1. The van der Waals surface area contributed by atoms with Crippen LogP contribution in [0.4, 0.5) is 0 Å². The zero-order chi connectivity index (χ0) is 14.9. The third kappa shape index (κ3) is 3.04. The van der Waals surface area contributed by atoms with Gasteiger partial charge in [-0.3, -0.25) is 4.79 Å². The van der Waals surface area contributed by atoms with Gasteiger partial charge < -0.3 is 14.8 Å². The van der Waals surface area contributed by atoms with E-state index in [0.717, 1.165) is 18.4 Å². The van der Waals surface area contributed by atoms with Crippen molar-refractivity contribution in [3.05, 3.63) is 58.5 Å². The molecule has 21 heavy (non-hydrogen) atoms. The molecular weight excluding hydrogens is 334 g/mol. The molecule has 2 aromatic rings. The predicted octanol–water partition coefficient (Wildman–Crippen LogP) is 3.07. The Bertz CT molecular complexity index is 636. The highest BCUT2D eigenvalue weighted by Gasteiger charge is 2.45. The summed E-state index contributed by atoms with van der Waals surface area (Å²) < 4.78 is 5.72. The van der Waals surface area contributed by atoms with Crippen LogP contribution in [0.1, 0.15) is 29.0 Å². The normalized spacial score (nSPS) is 17.2. The van der Waals surface area contributed by atoms with E-state index in [1.165, 1.54) is 0 Å². The lowest BCUT2D eigenvalue weighted by Gasteiger charge is -2.29. The zero-order valence-electron chi connectivity index (χ0n) is 11.4. The van der Waals surface area contributed by atoms with Gasteiger partial charge >= 0.3 is 0 Å². The number of hydrogen-bond acceptors (Lipinski definition) is 3. The summed E-state index contributed by atoms with van der Waals surface area (Å²) in [5, 5.41) is 13.7. The minimum atomic E-state index is -1.01. The van der Waals surface area contributed by atoms with E-state index in [2.05, 4.69) is 21.2 Å². The Morgan fingerprint density at radius 1 is 1.29 bits per heavy atom. The molecule has 1 aliphatic rings.